The number of aryl methyl sites for hydroxylation is 1. The highest BCUT2D eigenvalue weighted by Crippen LogP contribution is 2.32. The zero-order valence-electron chi connectivity index (χ0n) is 14.9. The van der Waals surface area contributed by atoms with E-state index in [0.717, 1.165) is 16.7 Å². The number of ether oxygens (including phenoxy) is 1. The van der Waals surface area contributed by atoms with Crippen LogP contribution in [0.15, 0.2) is 36.4 Å². The highest BCUT2D eigenvalue weighted by molar-refractivity contribution is 6.33. The molecule has 0 aliphatic heterocycles. The lowest BCUT2D eigenvalue weighted by molar-refractivity contribution is 0.0963. The lowest BCUT2D eigenvalue weighted by atomic mass is 10.1. The first-order valence-corrected chi connectivity index (χ1v) is 8.62. The van der Waals surface area contributed by atoms with Crippen molar-refractivity contribution in [1.29, 1.82) is 0 Å². The van der Waals surface area contributed by atoms with Gasteiger partial charge in [0.1, 0.15) is 5.75 Å². The summed E-state index contributed by atoms with van der Waals surface area (Å²) in [5.41, 5.74) is 3.98. The summed E-state index contributed by atoms with van der Waals surface area (Å²) in [6.45, 7) is 1.87. The highest BCUT2D eigenvalue weighted by atomic mass is 35.5. The van der Waals surface area contributed by atoms with Crippen molar-refractivity contribution in [3.8, 4) is 17.1 Å². The van der Waals surface area contributed by atoms with Crippen LogP contribution in [-0.4, -0.2) is 39.6 Å². The minimum atomic E-state index is -0.181. The molecule has 2 heterocycles. The largest absolute Gasteiger partial charge is 0.497 e. The highest BCUT2D eigenvalue weighted by Gasteiger charge is 2.18. The molecule has 7 nitrogen and oxygen atoms in total. The van der Waals surface area contributed by atoms with Crippen LogP contribution in [-0.2, 0) is 0 Å². The van der Waals surface area contributed by atoms with Crippen molar-refractivity contribution in [2.75, 3.05) is 14.2 Å². The third-order valence-corrected chi connectivity index (χ3v) is 4.72. The summed E-state index contributed by atoms with van der Waals surface area (Å²) in [5.74, 6) is 1.03. The number of nitrogens with one attached hydrogen (secondary N) is 1. The predicted octanol–water partition coefficient (Wildman–Crippen LogP) is 3.27. The van der Waals surface area contributed by atoms with Crippen LogP contribution >= 0.6 is 11.6 Å². The summed E-state index contributed by atoms with van der Waals surface area (Å²) in [4.78, 5) is 16.7. The van der Waals surface area contributed by atoms with E-state index in [2.05, 4.69) is 20.5 Å². The van der Waals surface area contributed by atoms with Crippen LogP contribution in [0.5, 0.6) is 5.75 Å². The number of aromatic nitrogens is 4. The monoisotopic (exact) mass is 381 g/mol. The molecule has 27 heavy (non-hydrogen) atoms. The van der Waals surface area contributed by atoms with E-state index in [0.29, 0.717) is 33.4 Å². The third kappa shape index (κ3) is 2.76. The summed E-state index contributed by atoms with van der Waals surface area (Å²) in [5, 5.41) is 11.8. The van der Waals surface area contributed by atoms with Gasteiger partial charge >= 0.3 is 0 Å². The average molecular weight is 382 g/mol. The van der Waals surface area contributed by atoms with Gasteiger partial charge in [0.25, 0.3) is 5.91 Å². The fourth-order valence-electron chi connectivity index (χ4n) is 3.04. The molecule has 0 unspecified atom stereocenters. The van der Waals surface area contributed by atoms with Crippen molar-refractivity contribution < 1.29 is 9.53 Å². The maximum absolute atomic E-state index is 12.1. The second-order valence-corrected chi connectivity index (χ2v) is 6.42. The van der Waals surface area contributed by atoms with Gasteiger partial charge in [-0.25, -0.2) is 4.98 Å². The number of rotatable bonds is 3. The van der Waals surface area contributed by atoms with E-state index >= 15 is 0 Å². The first kappa shape index (κ1) is 17.2. The van der Waals surface area contributed by atoms with Crippen molar-refractivity contribution in [1.82, 2.24) is 24.9 Å². The first-order chi connectivity index (χ1) is 13.0. The van der Waals surface area contributed by atoms with E-state index in [1.807, 2.05) is 23.5 Å². The van der Waals surface area contributed by atoms with Crippen LogP contribution in [0.4, 0.5) is 0 Å². The lowest BCUT2D eigenvalue weighted by Gasteiger charge is -2.10. The molecule has 4 rings (SSSR count). The maximum atomic E-state index is 12.1. The van der Waals surface area contributed by atoms with E-state index in [1.54, 1.807) is 38.4 Å². The molecule has 1 N–H and O–H groups in total. The molecule has 4 aromatic rings. The number of hydrogen-bond acceptors (Lipinski definition) is 5. The van der Waals surface area contributed by atoms with Gasteiger partial charge < -0.3 is 10.1 Å². The van der Waals surface area contributed by atoms with Crippen molar-refractivity contribution >= 4 is 34.2 Å². The van der Waals surface area contributed by atoms with E-state index in [9.17, 15) is 4.79 Å². The summed E-state index contributed by atoms with van der Waals surface area (Å²) in [6, 6.07) is 10.7. The number of halogens is 1. The molecule has 0 radical (unpaired) electrons. The molecular formula is C19H16ClN5O2. The SMILES string of the molecule is CNC(=O)c1ccc2nc(C)c3nnc(-c4cc(OC)ccc4Cl)n3c2c1. The van der Waals surface area contributed by atoms with Gasteiger partial charge in [-0.05, 0) is 43.3 Å². The van der Waals surface area contributed by atoms with Gasteiger partial charge in [0.2, 0.25) is 0 Å². The Morgan fingerprint density at radius 2 is 2.00 bits per heavy atom. The van der Waals surface area contributed by atoms with E-state index in [-0.39, 0.29) is 5.91 Å². The maximum Gasteiger partial charge on any atom is 0.251 e. The van der Waals surface area contributed by atoms with E-state index < -0.39 is 0 Å². The number of fused-ring (bicyclic) bond motifs is 3. The standard InChI is InChI=1S/C19H16ClN5O2/c1-10-17-23-24-18(13-9-12(27-3)5-6-14(13)20)25(17)16-8-11(19(26)21-2)4-7-15(16)22-10/h4-9H,1-3H3,(H,21,26). The van der Waals surface area contributed by atoms with Crippen LogP contribution in [0.1, 0.15) is 16.1 Å². The molecule has 0 spiro atoms. The summed E-state index contributed by atoms with van der Waals surface area (Å²) >= 11 is 6.42. The average Bonchev–Trinajstić information content (AvgIpc) is 3.13. The minimum absolute atomic E-state index is 0.181. The molecule has 2 aromatic carbocycles. The smallest absolute Gasteiger partial charge is 0.251 e. The van der Waals surface area contributed by atoms with Crippen LogP contribution in [0, 0.1) is 6.92 Å². The Labute approximate surface area is 160 Å². The zero-order chi connectivity index (χ0) is 19.1. The van der Waals surface area contributed by atoms with Crippen LogP contribution in [0.3, 0.4) is 0 Å². The predicted molar refractivity (Wildman–Crippen MR) is 103 cm³/mol. The molecule has 8 heteroatoms. The van der Waals surface area contributed by atoms with Crippen LogP contribution < -0.4 is 10.1 Å². The number of benzene rings is 2. The summed E-state index contributed by atoms with van der Waals surface area (Å²) < 4.78 is 7.18. The topological polar surface area (TPSA) is 81.4 Å². The molecule has 136 valence electrons. The Hall–Kier alpha value is -3.19. The van der Waals surface area contributed by atoms with Crippen LogP contribution in [0.25, 0.3) is 28.1 Å². The summed E-state index contributed by atoms with van der Waals surface area (Å²) in [6.07, 6.45) is 0. The number of carbonyl (C=O) groups excluding carboxylic acids is 1. The van der Waals surface area contributed by atoms with Gasteiger partial charge in [-0.2, -0.15) is 0 Å². The molecule has 1 amide bonds. The second kappa shape index (κ2) is 6.51. The minimum Gasteiger partial charge on any atom is -0.497 e. The van der Waals surface area contributed by atoms with E-state index in [1.165, 1.54) is 0 Å². The molecule has 0 saturated carbocycles. The lowest BCUT2D eigenvalue weighted by Crippen LogP contribution is -2.17. The Bertz CT molecular complexity index is 1200. The van der Waals surface area contributed by atoms with Crippen molar-refractivity contribution in [2.45, 2.75) is 6.92 Å². The number of methoxy groups -OCH3 is 1. The van der Waals surface area contributed by atoms with Gasteiger partial charge in [-0.3, -0.25) is 9.20 Å². The molecular weight excluding hydrogens is 366 g/mol. The zero-order valence-corrected chi connectivity index (χ0v) is 15.7. The normalized spacial score (nSPS) is 11.1. The van der Waals surface area contributed by atoms with Crippen molar-refractivity contribution in [2.24, 2.45) is 0 Å². The quantitative estimate of drug-likeness (QED) is 0.589. The number of carbonyl (C=O) groups is 1. The molecule has 0 saturated heterocycles. The van der Waals surface area contributed by atoms with Crippen LogP contribution in [0.2, 0.25) is 5.02 Å². The second-order valence-electron chi connectivity index (χ2n) is 6.01. The Balaban J connectivity index is 2.09. The van der Waals surface area contributed by atoms with Crippen molar-refractivity contribution in [3.63, 3.8) is 0 Å². The Morgan fingerprint density at radius 3 is 2.74 bits per heavy atom. The fraction of sp³-hybridized carbons (Fsp3) is 0.158. The van der Waals surface area contributed by atoms with Gasteiger partial charge in [-0.1, -0.05) is 11.6 Å². The molecule has 0 aliphatic rings. The molecule has 0 atom stereocenters. The number of hydrogen-bond donors (Lipinski definition) is 1. The Morgan fingerprint density at radius 1 is 1.19 bits per heavy atom. The van der Waals surface area contributed by atoms with Gasteiger partial charge in [0.05, 0.1) is 28.9 Å². The number of amides is 1. The third-order valence-electron chi connectivity index (χ3n) is 4.39. The Kier molecular flexibility index (Phi) is 4.16. The van der Waals surface area contributed by atoms with Crippen molar-refractivity contribution in [3.05, 3.63) is 52.7 Å². The first-order valence-electron chi connectivity index (χ1n) is 8.25. The van der Waals surface area contributed by atoms with E-state index in [4.69, 9.17) is 16.3 Å². The molecule has 2 aromatic heterocycles. The molecule has 0 aliphatic carbocycles. The molecule has 0 fully saturated rings. The van der Waals surface area contributed by atoms with Gasteiger partial charge in [0.15, 0.2) is 11.5 Å². The fourth-order valence-corrected chi connectivity index (χ4v) is 3.24. The molecule has 0 bridgehead atoms. The van der Waals surface area contributed by atoms with Gasteiger partial charge in [0, 0.05) is 18.2 Å². The van der Waals surface area contributed by atoms with Gasteiger partial charge in [-0.15, -0.1) is 10.2 Å². The summed E-state index contributed by atoms with van der Waals surface area (Å²) in [7, 11) is 3.18. The number of nitrogens with zero attached hydrogens (tertiary/aromatic N) is 4.